The summed E-state index contributed by atoms with van der Waals surface area (Å²) in [6.07, 6.45) is -27.3. The van der Waals surface area contributed by atoms with Crippen LogP contribution in [0.4, 0.5) is 74.6 Å². The lowest BCUT2D eigenvalue weighted by molar-refractivity contribution is -0.530. The van der Waals surface area contributed by atoms with Crippen molar-refractivity contribution >= 4 is 0 Å². The van der Waals surface area contributed by atoms with E-state index in [-0.39, 0.29) is 0 Å². The fraction of sp³-hybridized carbons (Fsp3) is 0.700. The van der Waals surface area contributed by atoms with E-state index in [2.05, 4.69) is 0 Å². The number of ether oxygens (including phenoxy) is 2. The molecule has 0 aliphatic carbocycles. The average Bonchev–Trinajstić information content (AvgIpc) is 2.51. The number of nitrogens with zero attached hydrogens (tertiary/aromatic N) is 1. The summed E-state index contributed by atoms with van der Waals surface area (Å²) in [5.74, 6) is -30.4. The zero-order chi connectivity index (χ0) is 24.8. The molecule has 0 heterocycles. The number of alkyl halides is 14. The Balaban J connectivity index is 6.59. The van der Waals surface area contributed by atoms with Crippen LogP contribution in [0.3, 0.4) is 0 Å². The van der Waals surface area contributed by atoms with Gasteiger partial charge in [-0.3, -0.25) is 4.74 Å². The van der Waals surface area contributed by atoms with Crippen molar-refractivity contribution in [3.05, 3.63) is 12.1 Å². The molecule has 30 heavy (non-hydrogen) atoms. The van der Waals surface area contributed by atoms with Gasteiger partial charge in [0, 0.05) is 0 Å². The van der Waals surface area contributed by atoms with Crippen molar-refractivity contribution in [3.63, 3.8) is 0 Å². The molecular weight excluding hydrogens is 489 g/mol. The predicted octanol–water partition coefficient (Wildman–Crippen LogP) is 5.90. The lowest BCUT2D eigenvalue weighted by atomic mass is 10.0. The first-order chi connectivity index (χ1) is 12.8. The molecule has 176 valence electrons. The topological polar surface area (TPSA) is 42.2 Å². The van der Waals surface area contributed by atoms with Gasteiger partial charge in [0.1, 0.15) is 6.07 Å². The Morgan fingerprint density at radius 2 is 1.03 bits per heavy atom. The molecule has 0 saturated carbocycles. The van der Waals surface area contributed by atoms with Gasteiger partial charge in [-0.1, -0.05) is 0 Å². The Hall–Kier alpha value is -2.20. The largest absolute Gasteiger partial charge is 0.471 e. The molecule has 0 N–H and O–H groups in total. The van der Waals surface area contributed by atoms with Crippen molar-refractivity contribution in [2.45, 2.75) is 42.0 Å². The van der Waals surface area contributed by atoms with E-state index in [0.29, 0.717) is 0 Å². The Morgan fingerprint density at radius 3 is 1.33 bits per heavy atom. The van der Waals surface area contributed by atoms with Crippen LogP contribution in [0.25, 0.3) is 0 Å². The molecule has 0 radical (unpaired) electrons. The van der Waals surface area contributed by atoms with Crippen molar-refractivity contribution in [2.75, 3.05) is 0 Å². The molecule has 0 amide bonds. The van der Waals surface area contributed by atoms with E-state index in [4.69, 9.17) is 5.26 Å². The van der Waals surface area contributed by atoms with Crippen molar-refractivity contribution in [1.29, 1.82) is 5.26 Å². The summed E-state index contributed by atoms with van der Waals surface area (Å²) in [7, 11) is 0. The van der Waals surface area contributed by atoms with Crippen LogP contribution in [0, 0.1) is 11.3 Å². The van der Waals surface area contributed by atoms with Crippen LogP contribution in [0.5, 0.6) is 0 Å². The second-order valence-electron chi connectivity index (χ2n) is 4.70. The summed E-state index contributed by atoms with van der Waals surface area (Å²) < 4.78 is 219. The van der Waals surface area contributed by atoms with E-state index >= 15 is 0 Å². The standard InChI is InChI=1S/C10F17NO2/c11-2(12)3(13)29-10(26,27)7(20,8(21,22)23)30-9(24,25)6(18,19)5(16,17)4(14,15)1-28. The van der Waals surface area contributed by atoms with Gasteiger partial charge in [-0.05, 0) is 0 Å². The monoisotopic (exact) mass is 489 g/mol. The zero-order valence-corrected chi connectivity index (χ0v) is 12.7. The van der Waals surface area contributed by atoms with E-state index < -0.39 is 60.2 Å². The van der Waals surface area contributed by atoms with Crippen LogP contribution >= 0.6 is 0 Å². The molecule has 0 aliphatic rings. The summed E-state index contributed by atoms with van der Waals surface area (Å²) in [4.78, 5) is 0. The smallest absolute Gasteiger partial charge is 0.398 e. The van der Waals surface area contributed by atoms with Gasteiger partial charge in [0.2, 0.25) is 0 Å². The first-order valence-electron chi connectivity index (χ1n) is 6.00. The molecule has 0 aromatic heterocycles. The Morgan fingerprint density at radius 1 is 0.633 bits per heavy atom. The normalized spacial score (nSPS) is 16.5. The molecule has 1 unspecified atom stereocenters. The third kappa shape index (κ3) is 4.29. The number of hydrogen-bond acceptors (Lipinski definition) is 3. The van der Waals surface area contributed by atoms with Crippen LogP contribution in [0.1, 0.15) is 0 Å². The van der Waals surface area contributed by atoms with E-state index in [1.807, 2.05) is 0 Å². The van der Waals surface area contributed by atoms with Gasteiger partial charge in [-0.25, -0.2) is 0 Å². The van der Waals surface area contributed by atoms with Gasteiger partial charge < -0.3 is 4.74 Å². The molecule has 3 nitrogen and oxygen atoms in total. The van der Waals surface area contributed by atoms with Crippen molar-refractivity contribution in [3.8, 4) is 6.07 Å². The molecule has 0 fully saturated rings. The number of nitriles is 1. The van der Waals surface area contributed by atoms with Crippen molar-refractivity contribution in [1.82, 2.24) is 0 Å². The SMILES string of the molecule is N#CC(F)(F)C(F)(F)C(F)(F)C(F)(F)OC(F)(C(F)(F)F)C(F)(F)OC(F)=C(F)F. The summed E-state index contributed by atoms with van der Waals surface area (Å²) in [6.45, 7) is 0. The van der Waals surface area contributed by atoms with Crippen LogP contribution in [0.2, 0.25) is 0 Å². The zero-order valence-electron chi connectivity index (χ0n) is 12.7. The van der Waals surface area contributed by atoms with E-state index in [1.165, 1.54) is 4.74 Å². The maximum absolute atomic E-state index is 13.5. The summed E-state index contributed by atoms with van der Waals surface area (Å²) >= 11 is 0. The maximum Gasteiger partial charge on any atom is 0.471 e. The highest BCUT2D eigenvalue weighted by Gasteiger charge is 2.87. The van der Waals surface area contributed by atoms with Gasteiger partial charge in [-0.2, -0.15) is 79.9 Å². The third-order valence-electron chi connectivity index (χ3n) is 2.67. The Kier molecular flexibility index (Phi) is 6.94. The quantitative estimate of drug-likeness (QED) is 0.315. The van der Waals surface area contributed by atoms with Crippen LogP contribution in [-0.4, -0.2) is 42.0 Å². The summed E-state index contributed by atoms with van der Waals surface area (Å²) in [5.41, 5.74) is 0. The molecule has 0 bridgehead atoms. The average molecular weight is 489 g/mol. The minimum atomic E-state index is -8.04. The molecule has 0 rings (SSSR count). The van der Waals surface area contributed by atoms with Crippen LogP contribution in [0.15, 0.2) is 12.1 Å². The third-order valence-corrected chi connectivity index (χ3v) is 2.67. The van der Waals surface area contributed by atoms with E-state index in [0.717, 1.165) is 0 Å². The fourth-order valence-corrected chi connectivity index (χ4v) is 1.19. The van der Waals surface area contributed by atoms with Crippen molar-refractivity contribution < 1.29 is 84.1 Å². The second kappa shape index (κ2) is 7.49. The summed E-state index contributed by atoms with van der Waals surface area (Å²) in [5, 5.41) is 7.59. The van der Waals surface area contributed by atoms with Crippen LogP contribution < -0.4 is 0 Å². The number of hydrogen-bond donors (Lipinski definition) is 0. The highest BCUT2D eigenvalue weighted by molar-refractivity contribution is 5.11. The Bertz CT molecular complexity index is 715. The molecular formula is C10F17NO2. The Labute approximate surface area is 151 Å². The molecule has 0 aromatic carbocycles. The van der Waals surface area contributed by atoms with Crippen molar-refractivity contribution in [2.24, 2.45) is 0 Å². The molecule has 0 saturated heterocycles. The van der Waals surface area contributed by atoms with Gasteiger partial charge in [0.05, 0.1) is 0 Å². The lowest BCUT2D eigenvalue weighted by Crippen LogP contribution is -2.68. The fourth-order valence-electron chi connectivity index (χ4n) is 1.19. The molecule has 1 atom stereocenters. The minimum Gasteiger partial charge on any atom is -0.398 e. The second-order valence-corrected chi connectivity index (χ2v) is 4.70. The van der Waals surface area contributed by atoms with Gasteiger partial charge in [-0.15, -0.1) is 0 Å². The first-order valence-corrected chi connectivity index (χ1v) is 6.00. The first kappa shape index (κ1) is 27.8. The van der Waals surface area contributed by atoms with Gasteiger partial charge in [0.25, 0.3) is 0 Å². The summed E-state index contributed by atoms with van der Waals surface area (Å²) in [6, 6.07) is -5.05. The highest BCUT2D eigenvalue weighted by Crippen LogP contribution is 2.57. The van der Waals surface area contributed by atoms with Crippen LogP contribution in [-0.2, 0) is 9.47 Å². The minimum absolute atomic E-state index is 0.958. The molecule has 0 aliphatic heterocycles. The molecule has 0 aromatic rings. The maximum atomic E-state index is 13.5. The number of rotatable bonds is 8. The van der Waals surface area contributed by atoms with E-state index in [1.54, 1.807) is 4.74 Å². The predicted molar refractivity (Wildman–Crippen MR) is 52.8 cm³/mol. The lowest BCUT2D eigenvalue weighted by Gasteiger charge is -2.39. The molecule has 20 heteroatoms. The molecule has 0 spiro atoms. The van der Waals surface area contributed by atoms with Gasteiger partial charge in [0.15, 0.2) is 0 Å². The van der Waals surface area contributed by atoms with Gasteiger partial charge >= 0.3 is 54.1 Å². The van der Waals surface area contributed by atoms with E-state index in [9.17, 15) is 74.6 Å². The highest BCUT2D eigenvalue weighted by atomic mass is 19.4. The number of halogens is 17.